The Morgan fingerprint density at radius 3 is 2.20 bits per heavy atom. The molecule has 20 heavy (non-hydrogen) atoms. The van der Waals surface area contributed by atoms with Crippen LogP contribution in [0, 0.1) is 0 Å². The Labute approximate surface area is 119 Å². The molecule has 0 aliphatic rings. The fraction of sp³-hybridized carbons (Fsp3) is 0.294. The van der Waals surface area contributed by atoms with Crippen LogP contribution < -0.4 is 5.73 Å². The molecule has 1 amide bonds. The molecule has 0 atom stereocenters. The predicted molar refractivity (Wildman–Crippen MR) is 80.7 cm³/mol. The van der Waals surface area contributed by atoms with E-state index in [0.717, 1.165) is 12.1 Å². The molecule has 0 radical (unpaired) electrons. The van der Waals surface area contributed by atoms with Crippen molar-refractivity contribution in [2.24, 2.45) is 5.73 Å². The van der Waals surface area contributed by atoms with Gasteiger partial charge in [0.2, 0.25) is 5.91 Å². The number of pyridine rings is 1. The maximum absolute atomic E-state index is 11.0. The van der Waals surface area contributed by atoms with Gasteiger partial charge in [0.1, 0.15) is 0 Å². The quantitative estimate of drug-likeness (QED) is 0.930. The van der Waals surface area contributed by atoms with Crippen molar-refractivity contribution in [3.8, 4) is 0 Å². The molecule has 1 aromatic heterocycles. The summed E-state index contributed by atoms with van der Waals surface area (Å²) < 4.78 is 0. The Bertz CT molecular complexity index is 592. The predicted octanol–water partition coefficient (Wildman–Crippen LogP) is 3.07. The van der Waals surface area contributed by atoms with Gasteiger partial charge in [-0.2, -0.15) is 0 Å². The molecule has 3 heteroatoms. The zero-order chi connectivity index (χ0) is 14.8. The lowest BCUT2D eigenvalue weighted by Gasteiger charge is -2.19. The van der Waals surface area contributed by atoms with Gasteiger partial charge in [0.05, 0.1) is 5.56 Å². The van der Waals surface area contributed by atoms with Gasteiger partial charge in [0.25, 0.3) is 0 Å². The summed E-state index contributed by atoms with van der Waals surface area (Å²) in [6, 6.07) is 12.1. The minimum Gasteiger partial charge on any atom is -0.366 e. The largest absolute Gasteiger partial charge is 0.366 e. The summed E-state index contributed by atoms with van der Waals surface area (Å²) >= 11 is 0. The molecule has 3 nitrogen and oxygen atoms in total. The van der Waals surface area contributed by atoms with Gasteiger partial charge >= 0.3 is 0 Å². The minimum absolute atomic E-state index is 0.167. The van der Waals surface area contributed by atoms with E-state index >= 15 is 0 Å². The Morgan fingerprint density at radius 1 is 1.10 bits per heavy atom. The molecular formula is C17H20N2O. The van der Waals surface area contributed by atoms with Gasteiger partial charge in [-0.05, 0) is 28.7 Å². The van der Waals surface area contributed by atoms with Gasteiger partial charge in [-0.25, -0.2) is 0 Å². The average molecular weight is 268 g/mol. The summed E-state index contributed by atoms with van der Waals surface area (Å²) in [6.07, 6.45) is 2.28. The number of carbonyl (C=O) groups excluding carboxylic acids is 1. The standard InChI is InChI=1S/C17H20N2O/c1-17(2,3)14-7-4-12(5-8-14)10-15-9-6-13(11-19-15)16(18)20/h4-9,11H,10H2,1-3H3,(H2,18,20). The summed E-state index contributed by atoms with van der Waals surface area (Å²) in [5.41, 5.74) is 9.26. The topological polar surface area (TPSA) is 56.0 Å². The molecule has 0 unspecified atom stereocenters. The van der Waals surface area contributed by atoms with Gasteiger partial charge < -0.3 is 5.73 Å². The van der Waals surface area contributed by atoms with Crippen LogP contribution in [-0.2, 0) is 11.8 Å². The van der Waals surface area contributed by atoms with Crippen LogP contribution in [0.25, 0.3) is 0 Å². The Morgan fingerprint density at radius 2 is 1.75 bits per heavy atom. The van der Waals surface area contributed by atoms with Crippen molar-refractivity contribution in [2.45, 2.75) is 32.6 Å². The second-order valence-electron chi connectivity index (χ2n) is 6.03. The molecule has 0 fully saturated rings. The maximum atomic E-state index is 11.0. The highest BCUT2D eigenvalue weighted by molar-refractivity contribution is 5.92. The van der Waals surface area contributed by atoms with Crippen LogP contribution >= 0.6 is 0 Å². The first-order valence-electron chi connectivity index (χ1n) is 6.70. The van der Waals surface area contributed by atoms with E-state index < -0.39 is 5.91 Å². The number of carbonyl (C=O) groups is 1. The summed E-state index contributed by atoms with van der Waals surface area (Å²) in [5.74, 6) is -0.446. The number of hydrogen-bond donors (Lipinski definition) is 1. The number of hydrogen-bond acceptors (Lipinski definition) is 2. The van der Waals surface area contributed by atoms with Crippen LogP contribution in [0.5, 0.6) is 0 Å². The lowest BCUT2D eigenvalue weighted by atomic mass is 9.86. The van der Waals surface area contributed by atoms with Crippen LogP contribution in [0.1, 0.15) is 48.0 Å². The highest BCUT2D eigenvalue weighted by Gasteiger charge is 2.12. The molecule has 0 spiro atoms. The van der Waals surface area contributed by atoms with Gasteiger partial charge in [-0.15, -0.1) is 0 Å². The average Bonchev–Trinajstić information content (AvgIpc) is 2.39. The molecule has 0 aliphatic heterocycles. The number of benzene rings is 1. The van der Waals surface area contributed by atoms with E-state index in [1.54, 1.807) is 6.07 Å². The monoisotopic (exact) mass is 268 g/mol. The van der Waals surface area contributed by atoms with Crippen LogP contribution in [0.2, 0.25) is 0 Å². The summed E-state index contributed by atoms with van der Waals surface area (Å²) in [4.78, 5) is 15.2. The third-order valence-electron chi connectivity index (χ3n) is 3.31. The van der Waals surface area contributed by atoms with Crippen molar-refractivity contribution >= 4 is 5.91 Å². The molecule has 0 saturated heterocycles. The van der Waals surface area contributed by atoms with Crippen LogP contribution in [0.15, 0.2) is 42.6 Å². The molecule has 1 heterocycles. The number of amides is 1. The van der Waals surface area contributed by atoms with Crippen molar-refractivity contribution < 1.29 is 4.79 Å². The Hall–Kier alpha value is -2.16. The lowest BCUT2D eigenvalue weighted by molar-refractivity contribution is 0.1000. The molecule has 0 aliphatic carbocycles. The van der Waals surface area contributed by atoms with Gasteiger partial charge in [-0.1, -0.05) is 45.0 Å². The third-order valence-corrected chi connectivity index (χ3v) is 3.31. The zero-order valence-corrected chi connectivity index (χ0v) is 12.2. The van der Waals surface area contributed by atoms with Crippen molar-refractivity contribution in [2.75, 3.05) is 0 Å². The summed E-state index contributed by atoms with van der Waals surface area (Å²) in [7, 11) is 0. The molecule has 2 N–H and O–H groups in total. The second-order valence-corrected chi connectivity index (χ2v) is 6.03. The number of rotatable bonds is 3. The third kappa shape index (κ3) is 3.44. The first-order valence-corrected chi connectivity index (χ1v) is 6.70. The molecule has 2 rings (SSSR count). The fourth-order valence-electron chi connectivity index (χ4n) is 2.01. The van der Waals surface area contributed by atoms with Crippen molar-refractivity contribution in [3.63, 3.8) is 0 Å². The van der Waals surface area contributed by atoms with Crippen LogP contribution in [-0.4, -0.2) is 10.9 Å². The molecule has 0 bridgehead atoms. The van der Waals surface area contributed by atoms with E-state index in [4.69, 9.17) is 5.73 Å². The van der Waals surface area contributed by atoms with E-state index in [2.05, 4.69) is 50.0 Å². The highest BCUT2D eigenvalue weighted by atomic mass is 16.1. The van der Waals surface area contributed by atoms with Crippen molar-refractivity contribution in [1.29, 1.82) is 0 Å². The smallest absolute Gasteiger partial charge is 0.250 e. The SMILES string of the molecule is CC(C)(C)c1ccc(Cc2ccc(C(N)=O)cn2)cc1. The first-order chi connectivity index (χ1) is 9.36. The van der Waals surface area contributed by atoms with Gasteiger partial charge in [-0.3, -0.25) is 9.78 Å². The number of primary amides is 1. The number of nitrogens with zero attached hydrogens (tertiary/aromatic N) is 1. The number of aromatic nitrogens is 1. The van der Waals surface area contributed by atoms with Gasteiger partial charge in [0.15, 0.2) is 0 Å². The van der Waals surface area contributed by atoms with E-state index in [9.17, 15) is 4.79 Å². The van der Waals surface area contributed by atoms with Crippen molar-refractivity contribution in [3.05, 3.63) is 65.0 Å². The highest BCUT2D eigenvalue weighted by Crippen LogP contribution is 2.22. The summed E-state index contributed by atoms with van der Waals surface area (Å²) in [6.45, 7) is 6.60. The minimum atomic E-state index is -0.446. The lowest BCUT2D eigenvalue weighted by Crippen LogP contribution is -2.11. The van der Waals surface area contributed by atoms with E-state index in [1.165, 1.54) is 17.3 Å². The Kier molecular flexibility index (Phi) is 3.89. The van der Waals surface area contributed by atoms with Crippen LogP contribution in [0.3, 0.4) is 0 Å². The van der Waals surface area contributed by atoms with Crippen molar-refractivity contribution in [1.82, 2.24) is 4.98 Å². The summed E-state index contributed by atoms with van der Waals surface area (Å²) in [5, 5.41) is 0. The van der Waals surface area contributed by atoms with E-state index in [1.807, 2.05) is 6.07 Å². The van der Waals surface area contributed by atoms with Gasteiger partial charge in [0, 0.05) is 18.3 Å². The molecule has 1 aromatic carbocycles. The van der Waals surface area contributed by atoms with E-state index in [0.29, 0.717) is 5.56 Å². The normalized spacial score (nSPS) is 11.3. The molecule has 0 saturated carbocycles. The zero-order valence-electron chi connectivity index (χ0n) is 12.2. The second kappa shape index (κ2) is 5.45. The number of nitrogens with two attached hydrogens (primary N) is 1. The molecular weight excluding hydrogens is 248 g/mol. The van der Waals surface area contributed by atoms with E-state index in [-0.39, 0.29) is 5.41 Å². The maximum Gasteiger partial charge on any atom is 0.250 e. The Balaban J connectivity index is 2.12. The molecule has 104 valence electrons. The van der Waals surface area contributed by atoms with Crippen LogP contribution in [0.4, 0.5) is 0 Å². The fourth-order valence-corrected chi connectivity index (χ4v) is 2.01. The molecule has 2 aromatic rings. The first kappa shape index (κ1) is 14.3.